The van der Waals surface area contributed by atoms with Gasteiger partial charge in [-0.15, -0.1) is 11.3 Å². The minimum absolute atomic E-state index is 0.140. The van der Waals surface area contributed by atoms with E-state index in [2.05, 4.69) is 39.6 Å². The minimum atomic E-state index is -0.140. The largest absolute Gasteiger partial charge is 0.377 e. The van der Waals surface area contributed by atoms with E-state index < -0.39 is 0 Å². The molecule has 1 aromatic carbocycles. The molecule has 1 amide bonds. The number of anilines is 3. The van der Waals surface area contributed by atoms with Gasteiger partial charge in [0.15, 0.2) is 0 Å². The number of rotatable bonds is 6. The van der Waals surface area contributed by atoms with E-state index in [9.17, 15) is 4.79 Å². The van der Waals surface area contributed by atoms with Gasteiger partial charge in [0, 0.05) is 55.4 Å². The summed E-state index contributed by atoms with van der Waals surface area (Å²) in [6.07, 6.45) is 0. The summed E-state index contributed by atoms with van der Waals surface area (Å²) in [6, 6.07) is 9.82. The standard InChI is InChI=1S/C20H27N5OS/c1-4-22-20-17(14(2)21)13-18(27-20)19(26)23-15-5-7-16(8-6-15)25-11-9-24(3)10-12-25/h5-8,13,21-22H,4,9-12H2,1-3H3,(H,23,26). The van der Waals surface area contributed by atoms with Gasteiger partial charge in [-0.2, -0.15) is 0 Å². The molecule has 0 radical (unpaired) electrons. The van der Waals surface area contributed by atoms with Gasteiger partial charge in [-0.3, -0.25) is 4.79 Å². The van der Waals surface area contributed by atoms with Crippen LogP contribution in [0.4, 0.5) is 16.4 Å². The maximum Gasteiger partial charge on any atom is 0.265 e. The molecule has 6 nitrogen and oxygen atoms in total. The molecular weight excluding hydrogens is 358 g/mol. The van der Waals surface area contributed by atoms with Crippen LogP contribution >= 0.6 is 11.3 Å². The van der Waals surface area contributed by atoms with Crippen molar-refractivity contribution in [3.05, 3.63) is 40.8 Å². The molecule has 1 aliphatic heterocycles. The molecular formula is C20H27N5OS. The summed E-state index contributed by atoms with van der Waals surface area (Å²) in [5, 5.41) is 15.0. The van der Waals surface area contributed by atoms with Crippen molar-refractivity contribution in [1.82, 2.24) is 4.90 Å². The second-order valence-electron chi connectivity index (χ2n) is 6.80. The normalized spacial score (nSPS) is 14.9. The summed E-state index contributed by atoms with van der Waals surface area (Å²) in [4.78, 5) is 17.9. The highest BCUT2D eigenvalue weighted by Gasteiger charge is 2.17. The lowest BCUT2D eigenvalue weighted by Gasteiger charge is -2.34. The molecule has 1 saturated heterocycles. The number of nitrogens with one attached hydrogen (secondary N) is 3. The average Bonchev–Trinajstić information content (AvgIpc) is 3.08. The third kappa shape index (κ3) is 4.67. The number of benzene rings is 1. The molecule has 144 valence electrons. The number of amides is 1. The molecule has 3 N–H and O–H groups in total. The van der Waals surface area contributed by atoms with Crippen LogP contribution < -0.4 is 15.5 Å². The molecule has 27 heavy (non-hydrogen) atoms. The summed E-state index contributed by atoms with van der Waals surface area (Å²) in [7, 11) is 2.15. The van der Waals surface area contributed by atoms with Crippen molar-refractivity contribution in [3.63, 3.8) is 0 Å². The SMILES string of the molecule is CCNc1sc(C(=O)Nc2ccc(N3CCN(C)CC3)cc2)cc1C(C)=N. The van der Waals surface area contributed by atoms with Crippen LogP contribution in [0.3, 0.4) is 0 Å². The molecule has 0 spiro atoms. The molecule has 2 aromatic rings. The molecule has 0 aliphatic carbocycles. The zero-order valence-electron chi connectivity index (χ0n) is 16.1. The van der Waals surface area contributed by atoms with Crippen LogP contribution in [-0.4, -0.2) is 56.3 Å². The van der Waals surface area contributed by atoms with Gasteiger partial charge in [-0.1, -0.05) is 0 Å². The highest BCUT2D eigenvalue weighted by atomic mass is 32.1. The summed E-state index contributed by atoms with van der Waals surface area (Å²) < 4.78 is 0. The maximum absolute atomic E-state index is 12.6. The van der Waals surface area contributed by atoms with Crippen LogP contribution in [-0.2, 0) is 0 Å². The smallest absolute Gasteiger partial charge is 0.265 e. The molecule has 2 heterocycles. The van der Waals surface area contributed by atoms with E-state index in [1.54, 1.807) is 13.0 Å². The number of thiophene rings is 1. The van der Waals surface area contributed by atoms with Gasteiger partial charge in [0.25, 0.3) is 5.91 Å². The number of nitrogens with zero attached hydrogens (tertiary/aromatic N) is 2. The van der Waals surface area contributed by atoms with Crippen LogP contribution in [0.5, 0.6) is 0 Å². The number of carbonyl (C=O) groups is 1. The summed E-state index contributed by atoms with van der Waals surface area (Å²) in [6.45, 7) is 8.69. The first kappa shape index (κ1) is 19.4. The number of likely N-dealkylation sites (N-methyl/N-ethyl adjacent to an activating group) is 1. The van der Waals surface area contributed by atoms with Crippen LogP contribution in [0.25, 0.3) is 0 Å². The van der Waals surface area contributed by atoms with Gasteiger partial charge in [0.2, 0.25) is 0 Å². The second kappa shape index (κ2) is 8.54. The Hall–Kier alpha value is -2.38. The van der Waals surface area contributed by atoms with Crippen molar-refractivity contribution in [3.8, 4) is 0 Å². The lowest BCUT2D eigenvalue weighted by molar-refractivity contribution is 0.103. The third-order valence-corrected chi connectivity index (χ3v) is 5.78. The monoisotopic (exact) mass is 385 g/mol. The topological polar surface area (TPSA) is 71.5 Å². The first-order valence-corrected chi connectivity index (χ1v) is 10.1. The average molecular weight is 386 g/mol. The van der Waals surface area contributed by atoms with Crippen molar-refractivity contribution in [1.29, 1.82) is 5.41 Å². The fraction of sp³-hybridized carbons (Fsp3) is 0.400. The van der Waals surface area contributed by atoms with Crippen molar-refractivity contribution in [2.24, 2.45) is 0 Å². The fourth-order valence-electron chi connectivity index (χ4n) is 3.09. The molecule has 1 fully saturated rings. The Kier molecular flexibility index (Phi) is 6.13. The molecule has 1 aliphatic rings. The quantitative estimate of drug-likeness (QED) is 0.665. The molecule has 7 heteroatoms. The highest BCUT2D eigenvalue weighted by molar-refractivity contribution is 7.18. The minimum Gasteiger partial charge on any atom is -0.377 e. The maximum atomic E-state index is 12.6. The summed E-state index contributed by atoms with van der Waals surface area (Å²) >= 11 is 1.39. The molecule has 0 saturated carbocycles. The van der Waals surface area contributed by atoms with E-state index in [1.165, 1.54) is 17.0 Å². The Balaban J connectivity index is 1.67. The first-order chi connectivity index (χ1) is 13.0. The molecule has 0 unspecified atom stereocenters. The van der Waals surface area contributed by atoms with Crippen molar-refractivity contribution < 1.29 is 4.79 Å². The Morgan fingerprint density at radius 3 is 2.44 bits per heavy atom. The predicted molar refractivity (Wildman–Crippen MR) is 115 cm³/mol. The predicted octanol–water partition coefficient (Wildman–Crippen LogP) is 3.57. The van der Waals surface area contributed by atoms with Gasteiger partial charge in [0.1, 0.15) is 0 Å². The Bertz CT molecular complexity index is 806. The summed E-state index contributed by atoms with van der Waals surface area (Å²) in [5.41, 5.74) is 3.22. The van der Waals surface area contributed by atoms with Gasteiger partial charge in [-0.05, 0) is 51.2 Å². The third-order valence-electron chi connectivity index (χ3n) is 4.69. The molecule has 3 rings (SSSR count). The lowest BCUT2D eigenvalue weighted by atomic mass is 10.2. The Morgan fingerprint density at radius 2 is 1.85 bits per heavy atom. The molecule has 0 bridgehead atoms. The number of piperazine rings is 1. The Labute approximate surface area is 164 Å². The van der Waals surface area contributed by atoms with E-state index in [0.29, 0.717) is 10.6 Å². The van der Waals surface area contributed by atoms with Crippen LogP contribution in [0.15, 0.2) is 30.3 Å². The zero-order valence-corrected chi connectivity index (χ0v) is 16.9. The zero-order chi connectivity index (χ0) is 19.4. The van der Waals surface area contributed by atoms with Crippen LogP contribution in [0.2, 0.25) is 0 Å². The number of hydrogen-bond donors (Lipinski definition) is 3. The van der Waals surface area contributed by atoms with E-state index in [4.69, 9.17) is 5.41 Å². The van der Waals surface area contributed by atoms with E-state index >= 15 is 0 Å². The van der Waals surface area contributed by atoms with Crippen LogP contribution in [0, 0.1) is 5.41 Å². The first-order valence-electron chi connectivity index (χ1n) is 9.26. The molecule has 1 aromatic heterocycles. The van der Waals surface area contributed by atoms with E-state index in [1.807, 2.05) is 19.1 Å². The van der Waals surface area contributed by atoms with Gasteiger partial charge < -0.3 is 25.8 Å². The molecule has 0 atom stereocenters. The number of hydrogen-bond acceptors (Lipinski definition) is 6. The van der Waals surface area contributed by atoms with E-state index in [0.717, 1.165) is 49.0 Å². The van der Waals surface area contributed by atoms with Crippen molar-refractivity contribution >= 4 is 39.3 Å². The van der Waals surface area contributed by atoms with E-state index in [-0.39, 0.29) is 5.91 Å². The Morgan fingerprint density at radius 1 is 1.19 bits per heavy atom. The number of carbonyl (C=O) groups excluding carboxylic acids is 1. The lowest BCUT2D eigenvalue weighted by Crippen LogP contribution is -2.44. The van der Waals surface area contributed by atoms with Crippen molar-refractivity contribution in [2.75, 3.05) is 55.3 Å². The van der Waals surface area contributed by atoms with Crippen molar-refractivity contribution in [2.45, 2.75) is 13.8 Å². The summed E-state index contributed by atoms with van der Waals surface area (Å²) in [5.74, 6) is -0.140. The second-order valence-corrected chi connectivity index (χ2v) is 7.85. The van der Waals surface area contributed by atoms with Gasteiger partial charge >= 0.3 is 0 Å². The van der Waals surface area contributed by atoms with Gasteiger partial charge in [-0.25, -0.2) is 0 Å². The van der Waals surface area contributed by atoms with Crippen LogP contribution in [0.1, 0.15) is 29.1 Å². The highest BCUT2D eigenvalue weighted by Crippen LogP contribution is 2.29. The van der Waals surface area contributed by atoms with Gasteiger partial charge in [0.05, 0.1) is 9.88 Å². The fourth-order valence-corrected chi connectivity index (χ4v) is 4.17.